The van der Waals surface area contributed by atoms with E-state index in [1.165, 1.54) is 0 Å². The quantitative estimate of drug-likeness (QED) is 0.710. The van der Waals surface area contributed by atoms with Crippen molar-refractivity contribution in [3.63, 3.8) is 0 Å². The molecular formula is C12H11N3O2. The molecule has 1 fully saturated rings. The van der Waals surface area contributed by atoms with Crippen LogP contribution in [0.4, 0.5) is 0 Å². The second-order valence-electron chi connectivity index (χ2n) is 4.16. The number of ketones is 1. The third kappa shape index (κ3) is 1.80. The third-order valence-electron chi connectivity index (χ3n) is 2.84. The van der Waals surface area contributed by atoms with Crippen molar-refractivity contribution in [3.05, 3.63) is 36.3 Å². The molecule has 0 radical (unpaired) electrons. The maximum atomic E-state index is 11.5. The fraction of sp³-hybridized carbons (Fsp3) is 0.250. The van der Waals surface area contributed by atoms with E-state index in [4.69, 9.17) is 0 Å². The SMILES string of the molecule is O=C1CC(=O)N(Cc2cn3ccccc3n2)C1. The van der Waals surface area contributed by atoms with Crippen molar-refractivity contribution in [1.82, 2.24) is 14.3 Å². The topological polar surface area (TPSA) is 54.7 Å². The summed E-state index contributed by atoms with van der Waals surface area (Å²) in [7, 11) is 0. The van der Waals surface area contributed by atoms with Gasteiger partial charge in [0.2, 0.25) is 5.91 Å². The van der Waals surface area contributed by atoms with Gasteiger partial charge in [0.05, 0.1) is 25.2 Å². The molecule has 1 aliphatic rings. The van der Waals surface area contributed by atoms with Gasteiger partial charge in [-0.05, 0) is 12.1 Å². The molecule has 5 heteroatoms. The molecule has 0 aliphatic carbocycles. The monoisotopic (exact) mass is 229 g/mol. The first-order valence-corrected chi connectivity index (χ1v) is 5.44. The molecule has 1 aliphatic heterocycles. The smallest absolute Gasteiger partial charge is 0.230 e. The largest absolute Gasteiger partial charge is 0.329 e. The number of aromatic nitrogens is 2. The highest BCUT2D eigenvalue weighted by atomic mass is 16.2. The summed E-state index contributed by atoms with van der Waals surface area (Å²) in [4.78, 5) is 28.6. The Hall–Kier alpha value is -2.17. The first kappa shape index (κ1) is 10.0. The third-order valence-corrected chi connectivity index (χ3v) is 2.84. The summed E-state index contributed by atoms with van der Waals surface area (Å²) in [5.74, 6) is -0.120. The van der Waals surface area contributed by atoms with E-state index >= 15 is 0 Å². The van der Waals surface area contributed by atoms with Crippen LogP contribution in [0.15, 0.2) is 30.6 Å². The van der Waals surface area contributed by atoms with Crippen LogP contribution in [0.1, 0.15) is 12.1 Å². The number of likely N-dealkylation sites (tertiary alicyclic amines) is 1. The number of Topliss-reactive ketones (excluding diaryl/α,β-unsaturated/α-hetero) is 1. The highest BCUT2D eigenvalue weighted by molar-refractivity contribution is 6.05. The molecule has 0 N–H and O–H groups in total. The fourth-order valence-electron chi connectivity index (χ4n) is 2.04. The van der Waals surface area contributed by atoms with Crippen molar-refractivity contribution in [1.29, 1.82) is 0 Å². The summed E-state index contributed by atoms with van der Waals surface area (Å²) in [6.07, 6.45) is 3.82. The fourth-order valence-corrected chi connectivity index (χ4v) is 2.04. The van der Waals surface area contributed by atoms with Crippen LogP contribution in [-0.4, -0.2) is 32.5 Å². The van der Waals surface area contributed by atoms with Crippen molar-refractivity contribution >= 4 is 17.3 Å². The van der Waals surface area contributed by atoms with Crippen molar-refractivity contribution < 1.29 is 9.59 Å². The zero-order valence-corrected chi connectivity index (χ0v) is 9.17. The highest BCUT2D eigenvalue weighted by Crippen LogP contribution is 2.12. The number of carbonyl (C=O) groups excluding carboxylic acids is 2. The number of nitrogens with zero attached hydrogens (tertiary/aromatic N) is 3. The van der Waals surface area contributed by atoms with Crippen LogP contribution in [0.3, 0.4) is 0 Å². The molecule has 0 saturated carbocycles. The number of imidazole rings is 1. The van der Waals surface area contributed by atoms with Gasteiger partial charge in [-0.1, -0.05) is 6.07 Å². The normalized spacial score (nSPS) is 16.1. The molecule has 17 heavy (non-hydrogen) atoms. The Kier molecular flexibility index (Phi) is 2.18. The van der Waals surface area contributed by atoms with E-state index in [1.807, 2.05) is 35.0 Å². The molecule has 0 spiro atoms. The van der Waals surface area contributed by atoms with Crippen molar-refractivity contribution in [2.24, 2.45) is 0 Å². The van der Waals surface area contributed by atoms with Crippen LogP contribution >= 0.6 is 0 Å². The number of pyridine rings is 1. The van der Waals surface area contributed by atoms with Gasteiger partial charge in [0.1, 0.15) is 5.65 Å². The Bertz CT molecular complexity index is 570. The summed E-state index contributed by atoms with van der Waals surface area (Å²) in [5, 5.41) is 0. The molecule has 2 aromatic rings. The molecule has 86 valence electrons. The predicted molar refractivity (Wildman–Crippen MR) is 60.2 cm³/mol. The first-order chi connectivity index (χ1) is 8.22. The molecule has 0 atom stereocenters. The van der Waals surface area contributed by atoms with Gasteiger partial charge in [-0.25, -0.2) is 4.98 Å². The van der Waals surface area contributed by atoms with Crippen LogP contribution in [0.2, 0.25) is 0 Å². The lowest BCUT2D eigenvalue weighted by Crippen LogP contribution is -2.24. The second-order valence-corrected chi connectivity index (χ2v) is 4.16. The van der Waals surface area contributed by atoms with Crippen molar-refractivity contribution in [2.75, 3.05) is 6.54 Å². The van der Waals surface area contributed by atoms with Crippen LogP contribution in [0.5, 0.6) is 0 Å². The number of hydrogen-bond donors (Lipinski definition) is 0. The molecule has 0 aromatic carbocycles. The van der Waals surface area contributed by atoms with Gasteiger partial charge >= 0.3 is 0 Å². The van der Waals surface area contributed by atoms with E-state index in [1.54, 1.807) is 4.90 Å². The van der Waals surface area contributed by atoms with Crippen molar-refractivity contribution in [3.8, 4) is 0 Å². The Labute approximate surface area is 97.7 Å². The maximum absolute atomic E-state index is 11.5. The van der Waals surface area contributed by atoms with Crippen LogP contribution in [0.25, 0.3) is 5.65 Å². The average Bonchev–Trinajstić information content (AvgIpc) is 2.82. The van der Waals surface area contributed by atoms with Gasteiger partial charge in [0, 0.05) is 12.4 Å². The minimum Gasteiger partial charge on any atom is -0.329 e. The molecule has 0 unspecified atom stereocenters. The van der Waals surface area contributed by atoms with Gasteiger partial charge in [-0.15, -0.1) is 0 Å². The predicted octanol–water partition coefficient (Wildman–Crippen LogP) is 0.636. The van der Waals surface area contributed by atoms with Gasteiger partial charge in [-0.3, -0.25) is 9.59 Å². The zero-order valence-electron chi connectivity index (χ0n) is 9.17. The number of carbonyl (C=O) groups is 2. The van der Waals surface area contributed by atoms with Crippen LogP contribution < -0.4 is 0 Å². The average molecular weight is 229 g/mol. The number of hydrogen-bond acceptors (Lipinski definition) is 3. The number of rotatable bonds is 2. The molecule has 1 amide bonds. The first-order valence-electron chi connectivity index (χ1n) is 5.44. The Morgan fingerprint density at radius 2 is 2.18 bits per heavy atom. The van der Waals surface area contributed by atoms with E-state index in [0.29, 0.717) is 6.54 Å². The Balaban J connectivity index is 1.85. The molecule has 5 nitrogen and oxygen atoms in total. The highest BCUT2D eigenvalue weighted by Gasteiger charge is 2.27. The molecule has 0 bridgehead atoms. The summed E-state index contributed by atoms with van der Waals surface area (Å²) in [5.41, 5.74) is 1.65. The summed E-state index contributed by atoms with van der Waals surface area (Å²) in [6, 6.07) is 5.74. The van der Waals surface area contributed by atoms with E-state index < -0.39 is 0 Å². The van der Waals surface area contributed by atoms with E-state index in [9.17, 15) is 9.59 Å². The lowest BCUT2D eigenvalue weighted by molar-refractivity contribution is -0.128. The summed E-state index contributed by atoms with van der Waals surface area (Å²) >= 11 is 0. The van der Waals surface area contributed by atoms with Crippen LogP contribution in [0, 0.1) is 0 Å². The minimum atomic E-state index is -0.105. The lowest BCUT2D eigenvalue weighted by Gasteiger charge is -2.11. The van der Waals surface area contributed by atoms with E-state index in [2.05, 4.69) is 4.98 Å². The maximum Gasteiger partial charge on any atom is 0.230 e. The summed E-state index contributed by atoms with van der Waals surface area (Å²) in [6.45, 7) is 0.624. The molecule has 1 saturated heterocycles. The number of fused-ring (bicyclic) bond motifs is 1. The van der Waals surface area contributed by atoms with Crippen LogP contribution in [-0.2, 0) is 16.1 Å². The Morgan fingerprint density at radius 1 is 1.29 bits per heavy atom. The zero-order chi connectivity index (χ0) is 11.8. The Morgan fingerprint density at radius 3 is 2.88 bits per heavy atom. The van der Waals surface area contributed by atoms with Gasteiger partial charge in [0.15, 0.2) is 5.78 Å². The van der Waals surface area contributed by atoms with Gasteiger partial charge in [-0.2, -0.15) is 0 Å². The molecule has 3 rings (SSSR count). The number of amides is 1. The van der Waals surface area contributed by atoms with E-state index in [0.717, 1.165) is 11.3 Å². The van der Waals surface area contributed by atoms with Crippen molar-refractivity contribution in [2.45, 2.75) is 13.0 Å². The lowest BCUT2D eigenvalue weighted by atomic mass is 10.3. The van der Waals surface area contributed by atoms with Gasteiger partial charge < -0.3 is 9.30 Å². The minimum absolute atomic E-state index is 0.0150. The van der Waals surface area contributed by atoms with E-state index in [-0.39, 0.29) is 24.7 Å². The summed E-state index contributed by atoms with van der Waals surface area (Å²) < 4.78 is 1.90. The molecule has 2 aromatic heterocycles. The second kappa shape index (κ2) is 3.69. The molecule has 3 heterocycles. The standard InChI is InChI=1S/C12H11N3O2/c16-10-5-12(17)15(8-10)7-9-6-14-4-2-1-3-11(14)13-9/h1-4,6H,5,7-8H2. The van der Waals surface area contributed by atoms with Gasteiger partial charge in [0.25, 0.3) is 0 Å². The molecular weight excluding hydrogens is 218 g/mol.